The number of imide groups is 1. The number of amides is 3. The molecule has 9 heteroatoms. The molecule has 2 aromatic carbocycles. The maximum absolute atomic E-state index is 12.6. The van der Waals surface area contributed by atoms with Crippen molar-refractivity contribution >= 4 is 33.4 Å². The zero-order valence-corrected chi connectivity index (χ0v) is 16.9. The molecule has 0 fully saturated rings. The average molecular weight is 415 g/mol. The van der Waals surface area contributed by atoms with E-state index in [1.165, 1.54) is 18.2 Å². The van der Waals surface area contributed by atoms with Gasteiger partial charge in [-0.15, -0.1) is 0 Å². The Morgan fingerprint density at radius 3 is 2.21 bits per heavy atom. The number of carbonyl (C=O) groups excluding carboxylic acids is 3. The lowest BCUT2D eigenvalue weighted by Crippen LogP contribution is -2.31. The Kier molecular flexibility index (Phi) is 5.69. The summed E-state index contributed by atoms with van der Waals surface area (Å²) in [7, 11) is -3.95. The standard InChI is InChI=1S/C20H21N3O5S/c1-3-23(4-2)18(24)11-13-5-7-14(8-6-13)22-29(27,28)15-9-10-16-17(12-15)20(26)21-19(16)25/h5-10,12,22H,3-4,11H2,1-2H3,(H,21,25,26). The van der Waals surface area contributed by atoms with E-state index in [0.717, 1.165) is 5.56 Å². The third kappa shape index (κ3) is 4.29. The lowest BCUT2D eigenvalue weighted by atomic mass is 10.1. The van der Waals surface area contributed by atoms with Crippen molar-refractivity contribution in [2.45, 2.75) is 25.2 Å². The van der Waals surface area contributed by atoms with E-state index in [4.69, 9.17) is 0 Å². The van der Waals surface area contributed by atoms with Gasteiger partial charge in [-0.25, -0.2) is 8.42 Å². The van der Waals surface area contributed by atoms with Crippen LogP contribution in [0.15, 0.2) is 47.4 Å². The van der Waals surface area contributed by atoms with Crippen molar-refractivity contribution in [2.75, 3.05) is 17.8 Å². The Hall–Kier alpha value is -3.20. The molecular weight excluding hydrogens is 394 g/mol. The van der Waals surface area contributed by atoms with Crippen LogP contribution in [0.2, 0.25) is 0 Å². The normalized spacial score (nSPS) is 13.0. The second kappa shape index (κ2) is 8.04. The first kappa shape index (κ1) is 20.5. The fourth-order valence-electron chi connectivity index (χ4n) is 3.08. The van der Waals surface area contributed by atoms with E-state index in [0.29, 0.717) is 18.8 Å². The van der Waals surface area contributed by atoms with Gasteiger partial charge in [0.25, 0.3) is 21.8 Å². The molecule has 0 bridgehead atoms. The molecule has 2 aromatic rings. The molecule has 29 heavy (non-hydrogen) atoms. The van der Waals surface area contributed by atoms with Crippen LogP contribution >= 0.6 is 0 Å². The fraction of sp³-hybridized carbons (Fsp3) is 0.250. The van der Waals surface area contributed by atoms with Gasteiger partial charge in [-0.2, -0.15) is 0 Å². The van der Waals surface area contributed by atoms with Gasteiger partial charge < -0.3 is 4.90 Å². The molecule has 3 rings (SSSR count). The zero-order chi connectivity index (χ0) is 21.2. The minimum atomic E-state index is -3.95. The third-order valence-corrected chi connectivity index (χ3v) is 6.07. The number of likely N-dealkylation sites (N-methyl/N-ethyl adjacent to an activating group) is 1. The van der Waals surface area contributed by atoms with Crippen molar-refractivity contribution in [1.29, 1.82) is 0 Å². The van der Waals surface area contributed by atoms with Gasteiger partial charge in [-0.3, -0.25) is 24.4 Å². The largest absolute Gasteiger partial charge is 0.343 e. The molecule has 0 unspecified atom stereocenters. The number of hydrogen-bond acceptors (Lipinski definition) is 5. The van der Waals surface area contributed by atoms with Gasteiger partial charge in [0, 0.05) is 18.8 Å². The average Bonchev–Trinajstić information content (AvgIpc) is 2.97. The monoisotopic (exact) mass is 415 g/mol. The summed E-state index contributed by atoms with van der Waals surface area (Å²) in [5, 5.41) is 2.12. The molecule has 0 saturated carbocycles. The van der Waals surface area contributed by atoms with Crippen molar-refractivity contribution in [3.8, 4) is 0 Å². The predicted octanol–water partition coefficient (Wildman–Crippen LogP) is 1.78. The van der Waals surface area contributed by atoms with Crippen LogP contribution in [0.1, 0.15) is 40.1 Å². The molecule has 0 spiro atoms. The van der Waals surface area contributed by atoms with Crippen molar-refractivity contribution in [1.82, 2.24) is 10.2 Å². The minimum Gasteiger partial charge on any atom is -0.343 e. The summed E-state index contributed by atoms with van der Waals surface area (Å²) in [6, 6.07) is 10.3. The smallest absolute Gasteiger partial charge is 0.261 e. The van der Waals surface area contributed by atoms with Crippen molar-refractivity contribution in [3.63, 3.8) is 0 Å². The Bertz CT molecular complexity index is 1070. The van der Waals surface area contributed by atoms with Crippen molar-refractivity contribution in [2.24, 2.45) is 0 Å². The molecule has 0 aliphatic carbocycles. The number of anilines is 1. The third-order valence-electron chi connectivity index (χ3n) is 4.70. The van der Waals surface area contributed by atoms with Crippen LogP contribution in [0.25, 0.3) is 0 Å². The van der Waals surface area contributed by atoms with Gasteiger partial charge in [0.1, 0.15) is 0 Å². The number of benzene rings is 2. The van der Waals surface area contributed by atoms with Crippen LogP contribution in [0, 0.1) is 0 Å². The second-order valence-corrected chi connectivity index (χ2v) is 8.22. The number of carbonyl (C=O) groups is 3. The van der Waals surface area contributed by atoms with Crippen LogP contribution < -0.4 is 10.0 Å². The van der Waals surface area contributed by atoms with Crippen LogP contribution in [0.3, 0.4) is 0 Å². The van der Waals surface area contributed by atoms with Gasteiger partial charge in [0.2, 0.25) is 5.91 Å². The second-order valence-electron chi connectivity index (χ2n) is 6.54. The van der Waals surface area contributed by atoms with Gasteiger partial charge in [0.05, 0.1) is 22.4 Å². The number of nitrogens with zero attached hydrogens (tertiary/aromatic N) is 1. The van der Waals surface area contributed by atoms with E-state index in [9.17, 15) is 22.8 Å². The molecule has 1 aliphatic rings. The quantitative estimate of drug-likeness (QED) is 0.670. The first-order valence-electron chi connectivity index (χ1n) is 9.14. The summed E-state index contributed by atoms with van der Waals surface area (Å²) < 4.78 is 27.7. The van der Waals surface area contributed by atoms with E-state index in [-0.39, 0.29) is 28.4 Å². The summed E-state index contributed by atoms with van der Waals surface area (Å²) in [6.07, 6.45) is 0.239. The van der Waals surface area contributed by atoms with E-state index < -0.39 is 21.8 Å². The molecule has 0 saturated heterocycles. The van der Waals surface area contributed by atoms with Crippen LogP contribution in [-0.2, 0) is 21.2 Å². The SMILES string of the molecule is CCN(CC)C(=O)Cc1ccc(NS(=O)(=O)c2ccc3c(c2)C(=O)NC3=O)cc1. The topological polar surface area (TPSA) is 113 Å². The number of sulfonamides is 1. The summed E-state index contributed by atoms with van der Waals surface area (Å²) in [6.45, 7) is 5.10. The number of nitrogens with one attached hydrogen (secondary N) is 2. The van der Waals surface area contributed by atoms with E-state index in [2.05, 4.69) is 10.0 Å². The maximum atomic E-state index is 12.6. The molecule has 0 radical (unpaired) electrons. The first-order chi connectivity index (χ1) is 13.7. The molecule has 3 amide bonds. The van der Waals surface area contributed by atoms with Crippen LogP contribution in [-0.4, -0.2) is 44.1 Å². The van der Waals surface area contributed by atoms with Crippen molar-refractivity contribution < 1.29 is 22.8 Å². The molecule has 1 aliphatic heterocycles. The summed E-state index contributed by atoms with van der Waals surface area (Å²) in [5.41, 5.74) is 1.28. The molecule has 2 N–H and O–H groups in total. The highest BCUT2D eigenvalue weighted by atomic mass is 32.2. The Morgan fingerprint density at radius 1 is 0.966 bits per heavy atom. The highest BCUT2D eigenvalue weighted by Crippen LogP contribution is 2.22. The molecular formula is C20H21N3O5S. The van der Waals surface area contributed by atoms with Crippen LogP contribution in [0.5, 0.6) is 0 Å². The number of fused-ring (bicyclic) bond motifs is 1. The summed E-state index contributed by atoms with van der Waals surface area (Å²) in [5.74, 6) is -1.16. The summed E-state index contributed by atoms with van der Waals surface area (Å²) >= 11 is 0. The first-order valence-corrected chi connectivity index (χ1v) is 10.6. The zero-order valence-electron chi connectivity index (χ0n) is 16.1. The van der Waals surface area contributed by atoms with Gasteiger partial charge in [-0.1, -0.05) is 12.1 Å². The lowest BCUT2D eigenvalue weighted by Gasteiger charge is -2.18. The Labute approximate surface area is 169 Å². The van der Waals surface area contributed by atoms with Crippen molar-refractivity contribution in [3.05, 3.63) is 59.2 Å². The number of rotatable bonds is 7. The Balaban J connectivity index is 1.74. The van der Waals surface area contributed by atoms with E-state index in [1.54, 1.807) is 29.2 Å². The molecule has 0 atom stereocenters. The lowest BCUT2D eigenvalue weighted by molar-refractivity contribution is -0.130. The molecule has 152 valence electrons. The maximum Gasteiger partial charge on any atom is 0.261 e. The fourth-order valence-corrected chi connectivity index (χ4v) is 4.17. The highest BCUT2D eigenvalue weighted by molar-refractivity contribution is 7.92. The number of hydrogen-bond donors (Lipinski definition) is 2. The highest BCUT2D eigenvalue weighted by Gasteiger charge is 2.28. The van der Waals surface area contributed by atoms with Crippen LogP contribution in [0.4, 0.5) is 5.69 Å². The van der Waals surface area contributed by atoms with Gasteiger partial charge >= 0.3 is 0 Å². The molecule has 0 aromatic heterocycles. The molecule has 1 heterocycles. The van der Waals surface area contributed by atoms with Gasteiger partial charge in [0.15, 0.2) is 0 Å². The summed E-state index contributed by atoms with van der Waals surface area (Å²) in [4.78, 5) is 37.1. The Morgan fingerprint density at radius 2 is 1.59 bits per heavy atom. The predicted molar refractivity (Wildman–Crippen MR) is 107 cm³/mol. The van der Waals surface area contributed by atoms with E-state index >= 15 is 0 Å². The van der Waals surface area contributed by atoms with Gasteiger partial charge in [-0.05, 0) is 49.7 Å². The molecule has 8 nitrogen and oxygen atoms in total. The minimum absolute atomic E-state index is 0.00861. The van der Waals surface area contributed by atoms with E-state index in [1.807, 2.05) is 13.8 Å².